The Hall–Kier alpha value is -5.09. The van der Waals surface area contributed by atoms with Crippen LogP contribution in [0.15, 0.2) is 74.7 Å². The number of aromatic nitrogens is 4. The zero-order valence-corrected chi connectivity index (χ0v) is 25.6. The fraction of sp³-hybridized carbons (Fsp3) is 0.222. The molecule has 0 bridgehead atoms. The molecule has 4 N–H and O–H groups in total. The van der Waals surface area contributed by atoms with Crippen LogP contribution in [0.3, 0.4) is 0 Å². The molecule has 0 spiro atoms. The van der Waals surface area contributed by atoms with Gasteiger partial charge in [-0.3, -0.25) is 14.1 Å². The van der Waals surface area contributed by atoms with E-state index in [1.807, 2.05) is 26.8 Å². The number of anilines is 1. The first-order valence-corrected chi connectivity index (χ1v) is 15.5. The number of para-hydroxylation sites is 1. The van der Waals surface area contributed by atoms with Crippen molar-refractivity contribution in [3.05, 3.63) is 66.0 Å². The number of rotatable bonds is 10. The maximum atomic E-state index is 12.8. The highest BCUT2D eigenvalue weighted by molar-refractivity contribution is 7.86. The Bertz CT molecular complexity index is 1990. The summed E-state index contributed by atoms with van der Waals surface area (Å²) in [4.78, 5) is 23.0. The second-order valence-electron chi connectivity index (χ2n) is 10.4. The third-order valence-corrected chi connectivity index (χ3v) is 7.70. The number of carboxylic acids is 1. The van der Waals surface area contributed by atoms with E-state index >= 15 is 0 Å². The summed E-state index contributed by atoms with van der Waals surface area (Å²) in [5.74, 6) is -2.11. The lowest BCUT2D eigenvalue weighted by molar-refractivity contribution is -0.138. The minimum atomic E-state index is -4.89. The van der Waals surface area contributed by atoms with E-state index in [0.29, 0.717) is 11.4 Å². The number of nitriles is 1. The van der Waals surface area contributed by atoms with Gasteiger partial charge in [0.1, 0.15) is 16.5 Å². The molecule has 1 atom stereocenters. The summed E-state index contributed by atoms with van der Waals surface area (Å²) in [7, 11) is -4.89. The number of carbonyl (C=O) groups is 2. The highest BCUT2D eigenvalue weighted by atomic mass is 32.2. The average molecular weight is 655 g/mol. The Morgan fingerprint density at radius 2 is 1.78 bits per heavy atom. The summed E-state index contributed by atoms with van der Waals surface area (Å²) in [6.07, 6.45) is 0.257. The number of carboxylic acid groups (broad SMARTS) is 1. The molecule has 234 valence electrons. The molecule has 2 aromatic heterocycles. The van der Waals surface area contributed by atoms with E-state index in [1.165, 1.54) is 4.68 Å². The number of nitrogens with one attached hydrogen (secondary N) is 1. The molecule has 4 aromatic rings. The predicted molar refractivity (Wildman–Crippen MR) is 159 cm³/mol. The van der Waals surface area contributed by atoms with Crippen molar-refractivity contribution in [2.45, 2.75) is 48.8 Å². The molecular formula is C27H26N8O8S2. The molecule has 0 fully saturated rings. The van der Waals surface area contributed by atoms with E-state index in [2.05, 4.69) is 25.7 Å². The number of nitrogens with zero attached hydrogens (tertiary/aromatic N) is 7. The number of hydrogen-bond acceptors (Lipinski definition) is 10. The van der Waals surface area contributed by atoms with Crippen LogP contribution in [0.1, 0.15) is 44.9 Å². The molecule has 2 aromatic carbocycles. The van der Waals surface area contributed by atoms with E-state index in [4.69, 9.17) is 5.11 Å². The van der Waals surface area contributed by atoms with Crippen molar-refractivity contribution in [1.82, 2.24) is 19.6 Å². The van der Waals surface area contributed by atoms with Gasteiger partial charge in [0.2, 0.25) is 5.91 Å². The van der Waals surface area contributed by atoms with Crippen LogP contribution in [0, 0.1) is 11.3 Å². The normalized spacial score (nSPS) is 12.6. The summed E-state index contributed by atoms with van der Waals surface area (Å²) in [6.45, 7) is 5.47. The Balaban J connectivity index is 1.97. The monoisotopic (exact) mass is 654 g/mol. The fourth-order valence-corrected chi connectivity index (χ4v) is 5.12. The zero-order valence-electron chi connectivity index (χ0n) is 23.9. The molecule has 0 saturated carbocycles. The van der Waals surface area contributed by atoms with Crippen molar-refractivity contribution in [2.24, 2.45) is 10.2 Å². The minimum Gasteiger partial charge on any atom is -0.481 e. The molecule has 2 heterocycles. The van der Waals surface area contributed by atoms with Gasteiger partial charge in [-0.2, -0.15) is 23.9 Å². The largest absolute Gasteiger partial charge is 0.481 e. The molecular weight excluding hydrogens is 628 g/mol. The SMILES string of the molecule is CC(C)(C)c1nn(-c2ccccc2)c(NC(=O)CCC(=O)O)c1N=Nc1c(C#N)cnn1-c1cc(S(=O)O)ccc1S(=O)(=O)O. The average Bonchev–Trinajstić information content (AvgIpc) is 3.55. The summed E-state index contributed by atoms with van der Waals surface area (Å²) in [5, 5.41) is 38.7. The molecule has 16 nitrogen and oxygen atoms in total. The van der Waals surface area contributed by atoms with E-state index < -0.39 is 55.5 Å². The molecule has 1 amide bonds. The van der Waals surface area contributed by atoms with Crippen LogP contribution in [-0.4, -0.2) is 58.3 Å². The first kappa shape index (κ1) is 32.8. The van der Waals surface area contributed by atoms with Crippen molar-refractivity contribution in [2.75, 3.05) is 5.32 Å². The standard InChI is InChI=1S/C27H26N8O8S2/c1-27(2,3)24-23(26(30-21(36)11-12-22(37)38)34(33-24)17-7-5-4-6-8-17)31-32-25-16(14-28)15-29-35(25)19-13-18(44(39)40)9-10-20(19)45(41,42)43/h4-10,13,15H,11-12H2,1-3H3,(H,30,36)(H,37,38)(H,39,40)(H,41,42,43). The maximum absolute atomic E-state index is 12.8. The number of benzene rings is 2. The quantitative estimate of drug-likeness (QED) is 0.107. The molecule has 0 radical (unpaired) electrons. The number of aliphatic carboxylic acids is 1. The van der Waals surface area contributed by atoms with Crippen LogP contribution < -0.4 is 5.32 Å². The number of carbonyl (C=O) groups excluding carboxylic acids is 1. The fourth-order valence-electron chi connectivity index (χ4n) is 4.07. The third kappa shape index (κ3) is 7.35. The summed E-state index contributed by atoms with van der Waals surface area (Å²) in [5.41, 5.74) is -0.393. The molecule has 1 unspecified atom stereocenters. The van der Waals surface area contributed by atoms with Crippen LogP contribution >= 0.6 is 0 Å². The number of amides is 1. The molecule has 0 aliphatic carbocycles. The minimum absolute atomic E-state index is 0.0335. The van der Waals surface area contributed by atoms with Gasteiger partial charge in [-0.25, -0.2) is 13.6 Å². The van der Waals surface area contributed by atoms with Crippen LogP contribution in [0.25, 0.3) is 11.4 Å². The molecule has 4 rings (SSSR count). The van der Waals surface area contributed by atoms with E-state index in [1.54, 1.807) is 30.3 Å². The lowest BCUT2D eigenvalue weighted by atomic mass is 9.91. The van der Waals surface area contributed by atoms with Crippen LogP contribution in [0.5, 0.6) is 0 Å². The summed E-state index contributed by atoms with van der Waals surface area (Å²) < 4.78 is 57.8. The second kappa shape index (κ2) is 12.9. The number of hydrogen-bond donors (Lipinski definition) is 4. The van der Waals surface area contributed by atoms with Crippen molar-refractivity contribution < 1.29 is 36.4 Å². The van der Waals surface area contributed by atoms with Gasteiger partial charge >= 0.3 is 5.97 Å². The van der Waals surface area contributed by atoms with Crippen molar-refractivity contribution in [3.63, 3.8) is 0 Å². The zero-order chi connectivity index (χ0) is 33.1. The number of azo groups is 1. The highest BCUT2D eigenvalue weighted by Crippen LogP contribution is 2.40. The third-order valence-electron chi connectivity index (χ3n) is 6.14. The van der Waals surface area contributed by atoms with E-state index in [0.717, 1.165) is 29.1 Å². The first-order chi connectivity index (χ1) is 21.1. The Morgan fingerprint density at radius 1 is 1.09 bits per heavy atom. The van der Waals surface area contributed by atoms with Crippen LogP contribution in [0.4, 0.5) is 17.3 Å². The van der Waals surface area contributed by atoms with Crippen molar-refractivity contribution >= 4 is 50.4 Å². The van der Waals surface area contributed by atoms with Gasteiger partial charge in [-0.15, -0.1) is 10.2 Å². The second-order valence-corrected chi connectivity index (χ2v) is 12.8. The Kier molecular flexibility index (Phi) is 9.39. The van der Waals surface area contributed by atoms with Crippen LogP contribution in [0.2, 0.25) is 0 Å². The van der Waals surface area contributed by atoms with Gasteiger partial charge in [0.05, 0.1) is 34.6 Å². The maximum Gasteiger partial charge on any atom is 0.303 e. The van der Waals surface area contributed by atoms with Gasteiger partial charge in [-0.05, 0) is 30.3 Å². The molecule has 0 saturated heterocycles. The lowest BCUT2D eigenvalue weighted by Gasteiger charge is -2.15. The lowest BCUT2D eigenvalue weighted by Crippen LogP contribution is -2.16. The topological polar surface area (TPSA) is 242 Å². The molecule has 0 aliphatic heterocycles. The van der Waals surface area contributed by atoms with E-state index in [-0.39, 0.29) is 34.2 Å². The van der Waals surface area contributed by atoms with Crippen molar-refractivity contribution in [1.29, 1.82) is 5.26 Å². The van der Waals surface area contributed by atoms with Crippen molar-refractivity contribution in [3.8, 4) is 17.4 Å². The van der Waals surface area contributed by atoms with Crippen LogP contribution in [-0.2, 0) is 36.2 Å². The summed E-state index contributed by atoms with van der Waals surface area (Å²) >= 11 is -2.55. The molecule has 18 heteroatoms. The smallest absolute Gasteiger partial charge is 0.303 e. The van der Waals surface area contributed by atoms with Gasteiger partial charge < -0.3 is 15.0 Å². The van der Waals surface area contributed by atoms with Gasteiger partial charge in [-0.1, -0.05) is 39.0 Å². The molecule has 0 aliphatic rings. The Morgan fingerprint density at radius 3 is 2.36 bits per heavy atom. The predicted octanol–water partition coefficient (Wildman–Crippen LogP) is 4.27. The van der Waals surface area contributed by atoms with Gasteiger partial charge in [0, 0.05) is 11.8 Å². The Labute approximate surface area is 259 Å². The van der Waals surface area contributed by atoms with E-state index in [9.17, 15) is 36.6 Å². The van der Waals surface area contributed by atoms with Gasteiger partial charge in [0.15, 0.2) is 28.4 Å². The van der Waals surface area contributed by atoms with Gasteiger partial charge in [0.25, 0.3) is 10.1 Å². The summed E-state index contributed by atoms with van der Waals surface area (Å²) in [6, 6.07) is 13.4. The highest BCUT2D eigenvalue weighted by Gasteiger charge is 2.30. The molecule has 45 heavy (non-hydrogen) atoms. The first-order valence-electron chi connectivity index (χ1n) is 12.9.